The zero-order valence-corrected chi connectivity index (χ0v) is 15.2. The molecule has 2 amide bonds. The number of urea groups is 1. The van der Waals surface area contributed by atoms with E-state index < -0.39 is 5.97 Å². The van der Waals surface area contributed by atoms with Crippen molar-refractivity contribution in [1.82, 2.24) is 15.1 Å². The number of likely N-dealkylation sites (N-methyl/N-ethyl adjacent to an activating group) is 1. The van der Waals surface area contributed by atoms with Crippen molar-refractivity contribution in [3.8, 4) is 0 Å². The molecule has 1 heterocycles. The number of morpholine rings is 1. The number of ether oxygens (including phenoxy) is 1. The van der Waals surface area contributed by atoms with Crippen molar-refractivity contribution >= 4 is 12.0 Å². The van der Waals surface area contributed by atoms with Crippen LogP contribution in [0.2, 0.25) is 0 Å². The molecule has 0 aromatic rings. The van der Waals surface area contributed by atoms with Crippen molar-refractivity contribution in [3.05, 3.63) is 0 Å². The zero-order valence-electron chi connectivity index (χ0n) is 15.2. The molecule has 2 aliphatic carbocycles. The summed E-state index contributed by atoms with van der Waals surface area (Å²) in [4.78, 5) is 27.5. The molecule has 7 heteroatoms. The summed E-state index contributed by atoms with van der Waals surface area (Å²) in [6, 6.07) is 0.654. The van der Waals surface area contributed by atoms with Gasteiger partial charge in [-0.15, -0.1) is 0 Å². The SMILES string of the molecule is CCN(CC(=O)O)C1CC(NC(=O)N2CCOCC2CC2CCC2)C1. The Kier molecular flexibility index (Phi) is 6.17. The van der Waals surface area contributed by atoms with Gasteiger partial charge in [-0.1, -0.05) is 26.2 Å². The number of carbonyl (C=O) groups excluding carboxylic acids is 1. The van der Waals surface area contributed by atoms with Crippen LogP contribution in [0.5, 0.6) is 0 Å². The fraction of sp³-hybridized carbons (Fsp3) is 0.889. The topological polar surface area (TPSA) is 82.1 Å². The fourth-order valence-electron chi connectivity index (χ4n) is 4.16. The van der Waals surface area contributed by atoms with Gasteiger partial charge in [0.05, 0.1) is 25.8 Å². The third-order valence-corrected chi connectivity index (χ3v) is 6.02. The maximum atomic E-state index is 12.7. The second-order valence-corrected chi connectivity index (χ2v) is 7.68. The van der Waals surface area contributed by atoms with Crippen LogP contribution in [0.25, 0.3) is 0 Å². The number of hydrogen-bond acceptors (Lipinski definition) is 4. The molecule has 25 heavy (non-hydrogen) atoms. The Labute approximate surface area is 149 Å². The average Bonchev–Trinajstić information content (AvgIpc) is 2.52. The molecular weight excluding hydrogens is 322 g/mol. The third-order valence-electron chi connectivity index (χ3n) is 6.02. The number of aliphatic carboxylic acids is 1. The van der Waals surface area contributed by atoms with Crippen LogP contribution in [-0.4, -0.2) is 77.9 Å². The Morgan fingerprint density at radius 1 is 1.32 bits per heavy atom. The average molecular weight is 353 g/mol. The van der Waals surface area contributed by atoms with E-state index in [1.165, 1.54) is 19.3 Å². The summed E-state index contributed by atoms with van der Waals surface area (Å²) in [6.07, 6.45) is 6.62. The van der Waals surface area contributed by atoms with Gasteiger partial charge in [0.15, 0.2) is 0 Å². The number of nitrogens with zero attached hydrogens (tertiary/aromatic N) is 2. The van der Waals surface area contributed by atoms with E-state index in [2.05, 4.69) is 5.32 Å². The molecule has 0 aromatic heterocycles. The lowest BCUT2D eigenvalue weighted by Gasteiger charge is -2.44. The first-order chi connectivity index (χ1) is 12.1. The minimum absolute atomic E-state index is 0.0253. The number of nitrogens with one attached hydrogen (secondary N) is 1. The molecular formula is C18H31N3O4. The van der Waals surface area contributed by atoms with Gasteiger partial charge in [0.2, 0.25) is 0 Å². The molecule has 7 nitrogen and oxygen atoms in total. The lowest BCUT2D eigenvalue weighted by atomic mass is 9.80. The second kappa shape index (κ2) is 8.36. The number of carboxylic acids is 1. The van der Waals surface area contributed by atoms with Gasteiger partial charge < -0.3 is 20.1 Å². The molecule has 2 saturated carbocycles. The molecule has 142 valence electrons. The quantitative estimate of drug-likeness (QED) is 0.725. The summed E-state index contributed by atoms with van der Waals surface area (Å²) < 4.78 is 5.59. The first-order valence-corrected chi connectivity index (χ1v) is 9.67. The molecule has 1 unspecified atom stereocenters. The number of rotatable bonds is 7. The van der Waals surface area contributed by atoms with E-state index in [1.807, 2.05) is 16.7 Å². The van der Waals surface area contributed by atoms with Crippen molar-refractivity contribution in [3.63, 3.8) is 0 Å². The predicted octanol–water partition coefficient (Wildman–Crippen LogP) is 1.52. The zero-order chi connectivity index (χ0) is 17.8. The molecule has 3 aliphatic rings. The number of hydrogen-bond donors (Lipinski definition) is 2. The van der Waals surface area contributed by atoms with Crippen molar-refractivity contribution < 1.29 is 19.4 Å². The first-order valence-electron chi connectivity index (χ1n) is 9.67. The third kappa shape index (κ3) is 4.64. The molecule has 1 aliphatic heterocycles. The molecule has 1 atom stereocenters. The monoisotopic (exact) mass is 353 g/mol. The van der Waals surface area contributed by atoms with Crippen molar-refractivity contribution in [2.45, 2.75) is 63.6 Å². The van der Waals surface area contributed by atoms with E-state index in [-0.39, 0.29) is 30.7 Å². The molecule has 3 rings (SSSR count). The smallest absolute Gasteiger partial charge is 0.318 e. The summed E-state index contributed by atoms with van der Waals surface area (Å²) in [5.74, 6) is -0.0364. The van der Waals surface area contributed by atoms with E-state index in [1.54, 1.807) is 0 Å². The lowest BCUT2D eigenvalue weighted by Crippen LogP contribution is -2.59. The lowest BCUT2D eigenvalue weighted by molar-refractivity contribution is -0.139. The Morgan fingerprint density at radius 3 is 2.68 bits per heavy atom. The Bertz CT molecular complexity index is 477. The van der Waals surface area contributed by atoms with Gasteiger partial charge in [0.25, 0.3) is 0 Å². The maximum Gasteiger partial charge on any atom is 0.318 e. The van der Waals surface area contributed by atoms with Crippen LogP contribution >= 0.6 is 0 Å². The second-order valence-electron chi connectivity index (χ2n) is 7.68. The molecule has 3 fully saturated rings. The van der Waals surface area contributed by atoms with Gasteiger partial charge in [-0.2, -0.15) is 0 Å². The number of carboxylic acid groups (broad SMARTS) is 1. The standard InChI is InChI=1S/C18H31N3O4/c1-2-20(11-17(22)23)15-9-14(10-15)19-18(24)21-6-7-25-12-16(21)8-13-4-3-5-13/h13-16H,2-12H2,1H3,(H,19,24)(H,22,23). The van der Waals surface area contributed by atoms with Crippen molar-refractivity contribution in [2.75, 3.05) is 32.8 Å². The Hall–Kier alpha value is -1.34. The summed E-state index contributed by atoms with van der Waals surface area (Å²) in [5, 5.41) is 12.1. The largest absolute Gasteiger partial charge is 0.480 e. The molecule has 0 bridgehead atoms. The molecule has 0 spiro atoms. The summed E-state index contributed by atoms with van der Waals surface area (Å²) >= 11 is 0. The highest BCUT2D eigenvalue weighted by Gasteiger charge is 2.37. The number of amides is 2. The first kappa shape index (κ1) is 18.5. The fourth-order valence-corrected chi connectivity index (χ4v) is 4.16. The molecule has 0 aromatic carbocycles. The van der Waals surface area contributed by atoms with Gasteiger partial charge in [-0.3, -0.25) is 9.69 Å². The normalized spacial score (nSPS) is 29.8. The van der Waals surface area contributed by atoms with Crippen LogP contribution in [0.1, 0.15) is 45.4 Å². The van der Waals surface area contributed by atoms with Gasteiger partial charge in [0, 0.05) is 18.6 Å². The highest BCUT2D eigenvalue weighted by atomic mass is 16.5. The maximum absolute atomic E-state index is 12.7. The molecule has 1 saturated heterocycles. The molecule has 2 N–H and O–H groups in total. The van der Waals surface area contributed by atoms with Crippen LogP contribution in [0.4, 0.5) is 4.79 Å². The van der Waals surface area contributed by atoms with Crippen molar-refractivity contribution in [2.24, 2.45) is 5.92 Å². The highest BCUT2D eigenvalue weighted by molar-refractivity contribution is 5.75. The van der Waals surface area contributed by atoms with Crippen LogP contribution in [0, 0.1) is 5.92 Å². The minimum Gasteiger partial charge on any atom is -0.480 e. The minimum atomic E-state index is -0.790. The van der Waals surface area contributed by atoms with Gasteiger partial charge in [-0.05, 0) is 31.7 Å². The van der Waals surface area contributed by atoms with Crippen molar-refractivity contribution in [1.29, 1.82) is 0 Å². The predicted molar refractivity (Wildman–Crippen MR) is 93.5 cm³/mol. The summed E-state index contributed by atoms with van der Waals surface area (Å²) in [6.45, 7) is 4.72. The van der Waals surface area contributed by atoms with Crippen LogP contribution in [0.15, 0.2) is 0 Å². The van der Waals surface area contributed by atoms with Gasteiger partial charge in [-0.25, -0.2) is 4.79 Å². The van der Waals surface area contributed by atoms with Crippen LogP contribution in [0.3, 0.4) is 0 Å². The van der Waals surface area contributed by atoms with E-state index in [4.69, 9.17) is 9.84 Å². The van der Waals surface area contributed by atoms with E-state index >= 15 is 0 Å². The van der Waals surface area contributed by atoms with Crippen LogP contribution in [-0.2, 0) is 9.53 Å². The number of carbonyl (C=O) groups is 2. The Balaban J connectivity index is 1.44. The highest BCUT2D eigenvalue weighted by Crippen LogP contribution is 2.32. The molecule has 0 radical (unpaired) electrons. The van der Waals surface area contributed by atoms with Crippen LogP contribution < -0.4 is 5.32 Å². The van der Waals surface area contributed by atoms with E-state index in [9.17, 15) is 9.59 Å². The Morgan fingerprint density at radius 2 is 2.08 bits per heavy atom. The van der Waals surface area contributed by atoms with E-state index in [0.717, 1.165) is 31.7 Å². The van der Waals surface area contributed by atoms with Gasteiger partial charge in [0.1, 0.15) is 0 Å². The summed E-state index contributed by atoms with van der Waals surface area (Å²) in [7, 11) is 0. The van der Waals surface area contributed by atoms with Gasteiger partial charge >= 0.3 is 12.0 Å². The summed E-state index contributed by atoms with van der Waals surface area (Å²) in [5.41, 5.74) is 0. The van der Waals surface area contributed by atoms with E-state index in [0.29, 0.717) is 19.8 Å².